The van der Waals surface area contributed by atoms with Crippen LogP contribution in [0.15, 0.2) is 18.2 Å². The fraction of sp³-hybridized carbons (Fsp3) is 0.654. The van der Waals surface area contributed by atoms with E-state index in [4.69, 9.17) is 16.3 Å². The SMILES string of the molecule is O=C1C[C@H](C(=O)CC23CCC(C(=O)CC4CC(OC(F)(F)F)C4)(CC2)CC3)Oc2ccc(Cl)cc21. The van der Waals surface area contributed by atoms with Crippen LogP contribution >= 0.6 is 11.6 Å². The molecule has 0 spiro atoms. The van der Waals surface area contributed by atoms with E-state index in [-0.39, 0.29) is 47.9 Å². The van der Waals surface area contributed by atoms with Crippen LogP contribution in [0.25, 0.3) is 0 Å². The first-order chi connectivity index (χ1) is 16.5. The standard InChI is InChI=1S/C26H28ClF3O5/c27-16-1-2-21-18(12-16)19(31)13-22(34-21)20(32)14-24-3-6-25(7-4-24,8-5-24)23(33)11-15-9-17(10-15)35-26(28,29)30/h1-2,12,15,17,22H,3-11,13-14H2/t15?,17?,22-,24?,25?/m1/s1. The zero-order valence-corrected chi connectivity index (χ0v) is 20.1. The predicted octanol–water partition coefficient (Wildman–Crippen LogP) is 6.25. The molecule has 5 aliphatic rings. The van der Waals surface area contributed by atoms with Crippen LogP contribution in [0.2, 0.25) is 5.02 Å². The lowest BCUT2D eigenvalue weighted by atomic mass is 9.50. The van der Waals surface area contributed by atoms with Gasteiger partial charge in [-0.3, -0.25) is 19.1 Å². The molecule has 0 N–H and O–H groups in total. The van der Waals surface area contributed by atoms with Gasteiger partial charge < -0.3 is 4.74 Å². The van der Waals surface area contributed by atoms with Crippen molar-refractivity contribution < 1.29 is 37.0 Å². The number of rotatable bonds is 7. The van der Waals surface area contributed by atoms with Gasteiger partial charge in [0.1, 0.15) is 11.5 Å². The number of hydrogen-bond acceptors (Lipinski definition) is 5. The van der Waals surface area contributed by atoms with Gasteiger partial charge in [-0.25, -0.2) is 0 Å². The second kappa shape index (κ2) is 8.87. The first kappa shape index (κ1) is 24.8. The first-order valence-electron chi connectivity index (χ1n) is 12.3. The third-order valence-corrected chi connectivity index (χ3v) is 8.99. The van der Waals surface area contributed by atoms with Crippen LogP contribution in [-0.2, 0) is 14.3 Å². The Kier molecular flexibility index (Phi) is 6.27. The minimum Gasteiger partial charge on any atom is -0.481 e. The molecule has 6 rings (SSSR count). The largest absolute Gasteiger partial charge is 0.522 e. The summed E-state index contributed by atoms with van der Waals surface area (Å²) in [6.07, 6.45) is -0.645. The maximum atomic E-state index is 13.1. The van der Waals surface area contributed by atoms with Gasteiger partial charge in [0.05, 0.1) is 18.1 Å². The van der Waals surface area contributed by atoms with E-state index < -0.39 is 24.0 Å². The zero-order valence-electron chi connectivity index (χ0n) is 19.3. The van der Waals surface area contributed by atoms with Crippen molar-refractivity contribution in [1.82, 2.24) is 0 Å². The number of halogens is 4. The van der Waals surface area contributed by atoms with Crippen molar-refractivity contribution in [3.8, 4) is 5.75 Å². The maximum Gasteiger partial charge on any atom is 0.522 e. The molecular formula is C26H28ClF3O5. The van der Waals surface area contributed by atoms with Crippen molar-refractivity contribution in [2.24, 2.45) is 16.7 Å². The van der Waals surface area contributed by atoms with Crippen LogP contribution in [0, 0.1) is 16.7 Å². The summed E-state index contributed by atoms with van der Waals surface area (Å²) in [5.41, 5.74) is -0.175. The van der Waals surface area contributed by atoms with Crippen molar-refractivity contribution in [2.45, 2.75) is 89.2 Å². The van der Waals surface area contributed by atoms with Gasteiger partial charge in [-0.1, -0.05) is 11.6 Å². The number of ether oxygens (including phenoxy) is 2. The molecule has 35 heavy (non-hydrogen) atoms. The Balaban J connectivity index is 1.14. The molecule has 0 aromatic heterocycles. The molecule has 4 aliphatic carbocycles. The summed E-state index contributed by atoms with van der Waals surface area (Å²) >= 11 is 5.97. The molecule has 4 fully saturated rings. The molecule has 190 valence electrons. The van der Waals surface area contributed by atoms with E-state index in [0.29, 0.717) is 48.4 Å². The normalized spacial score (nSPS) is 34.1. The third-order valence-electron chi connectivity index (χ3n) is 8.75. The molecule has 9 heteroatoms. The molecule has 1 aliphatic heterocycles. The number of ketones is 3. The van der Waals surface area contributed by atoms with Crippen LogP contribution in [0.1, 0.15) is 81.0 Å². The van der Waals surface area contributed by atoms with Crippen LogP contribution < -0.4 is 4.74 Å². The number of Topliss-reactive ketones (excluding diaryl/α,β-unsaturated/α-hetero) is 3. The molecular weight excluding hydrogens is 485 g/mol. The van der Waals surface area contributed by atoms with Gasteiger partial charge in [0.2, 0.25) is 0 Å². The van der Waals surface area contributed by atoms with Gasteiger partial charge in [-0.2, -0.15) is 0 Å². The highest BCUT2D eigenvalue weighted by molar-refractivity contribution is 6.31. The van der Waals surface area contributed by atoms with E-state index in [0.717, 1.165) is 19.3 Å². The topological polar surface area (TPSA) is 69.7 Å². The average Bonchev–Trinajstić information content (AvgIpc) is 2.78. The Morgan fingerprint density at radius 2 is 1.74 bits per heavy atom. The third kappa shape index (κ3) is 5.01. The van der Waals surface area contributed by atoms with Gasteiger partial charge in [-0.05, 0) is 80.9 Å². The maximum absolute atomic E-state index is 13.1. The van der Waals surface area contributed by atoms with Crippen LogP contribution in [0.3, 0.4) is 0 Å². The van der Waals surface area contributed by atoms with E-state index in [1.807, 2.05) is 0 Å². The first-order valence-corrected chi connectivity index (χ1v) is 12.6. The summed E-state index contributed by atoms with van der Waals surface area (Å²) in [5, 5.41) is 0.443. The van der Waals surface area contributed by atoms with E-state index in [9.17, 15) is 27.6 Å². The van der Waals surface area contributed by atoms with E-state index >= 15 is 0 Å². The minimum absolute atomic E-state index is 0.00507. The second-order valence-electron chi connectivity index (χ2n) is 10.9. The van der Waals surface area contributed by atoms with Gasteiger partial charge in [0.15, 0.2) is 17.7 Å². The summed E-state index contributed by atoms with van der Waals surface area (Å²) in [5.74, 6) is 0.268. The highest BCUT2D eigenvalue weighted by atomic mass is 35.5. The number of fused-ring (bicyclic) bond motifs is 4. The fourth-order valence-corrected chi connectivity index (χ4v) is 6.68. The Morgan fingerprint density at radius 1 is 1.09 bits per heavy atom. The lowest BCUT2D eigenvalue weighted by Gasteiger charge is -2.53. The summed E-state index contributed by atoms with van der Waals surface area (Å²) < 4.78 is 46.9. The lowest BCUT2D eigenvalue weighted by molar-refractivity contribution is -0.354. The van der Waals surface area contributed by atoms with Crippen molar-refractivity contribution in [1.29, 1.82) is 0 Å². The lowest BCUT2D eigenvalue weighted by Crippen LogP contribution is -2.49. The van der Waals surface area contributed by atoms with Gasteiger partial charge in [-0.15, -0.1) is 13.2 Å². The number of benzene rings is 1. The van der Waals surface area contributed by atoms with Crippen LogP contribution in [0.5, 0.6) is 5.75 Å². The van der Waals surface area contributed by atoms with Gasteiger partial charge >= 0.3 is 6.36 Å². The Morgan fingerprint density at radius 3 is 2.37 bits per heavy atom. The molecule has 5 nitrogen and oxygen atoms in total. The summed E-state index contributed by atoms with van der Waals surface area (Å²) in [7, 11) is 0. The van der Waals surface area contributed by atoms with Crippen molar-refractivity contribution in [2.75, 3.05) is 0 Å². The smallest absolute Gasteiger partial charge is 0.481 e. The van der Waals surface area contributed by atoms with E-state index in [1.165, 1.54) is 0 Å². The second-order valence-corrected chi connectivity index (χ2v) is 11.4. The number of carbonyl (C=O) groups excluding carboxylic acids is 3. The highest BCUT2D eigenvalue weighted by Gasteiger charge is 2.53. The molecule has 4 saturated carbocycles. The molecule has 0 unspecified atom stereocenters. The molecule has 2 bridgehead atoms. The molecule has 1 atom stereocenters. The van der Waals surface area contributed by atoms with Crippen molar-refractivity contribution >= 4 is 29.0 Å². The predicted molar refractivity (Wildman–Crippen MR) is 120 cm³/mol. The van der Waals surface area contributed by atoms with Crippen molar-refractivity contribution in [3.63, 3.8) is 0 Å². The average molecular weight is 513 g/mol. The fourth-order valence-electron chi connectivity index (χ4n) is 6.51. The van der Waals surface area contributed by atoms with E-state index in [2.05, 4.69) is 4.74 Å². The molecule has 0 radical (unpaired) electrons. The molecule has 0 amide bonds. The summed E-state index contributed by atoms with van der Waals surface area (Å²) in [4.78, 5) is 38.8. The van der Waals surface area contributed by atoms with Gasteiger partial charge in [0.25, 0.3) is 0 Å². The Hall–Kier alpha value is -1.93. The van der Waals surface area contributed by atoms with E-state index in [1.54, 1.807) is 18.2 Å². The quantitative estimate of drug-likeness (QED) is 0.432. The number of alkyl halides is 3. The minimum atomic E-state index is -4.63. The molecule has 1 aromatic carbocycles. The molecule has 1 aromatic rings. The number of carbonyl (C=O) groups is 3. The van der Waals surface area contributed by atoms with Crippen LogP contribution in [-0.4, -0.2) is 35.9 Å². The molecule has 0 saturated heterocycles. The number of hydrogen-bond donors (Lipinski definition) is 0. The van der Waals surface area contributed by atoms with Gasteiger partial charge in [0, 0.05) is 23.3 Å². The molecule has 1 heterocycles. The van der Waals surface area contributed by atoms with Crippen LogP contribution in [0.4, 0.5) is 13.2 Å². The Labute approximate surface area is 206 Å². The highest BCUT2D eigenvalue weighted by Crippen LogP contribution is 2.59. The summed E-state index contributed by atoms with van der Waals surface area (Å²) in [6.45, 7) is 0. The zero-order chi connectivity index (χ0) is 25.0. The summed E-state index contributed by atoms with van der Waals surface area (Å²) in [6, 6.07) is 4.81. The Bertz CT molecular complexity index is 1020. The monoisotopic (exact) mass is 512 g/mol. The van der Waals surface area contributed by atoms with Crippen molar-refractivity contribution in [3.05, 3.63) is 28.8 Å².